The number of fused-ring (bicyclic) bond motifs is 4. The number of para-hydroxylation sites is 4. The molecule has 1 unspecified atom stereocenters. The molecule has 0 N–H and O–H groups in total. The van der Waals surface area contributed by atoms with E-state index in [-0.39, 0.29) is 6.17 Å². The van der Waals surface area contributed by atoms with Gasteiger partial charge < -0.3 is 14.7 Å². The Morgan fingerprint density at radius 2 is 1.19 bits per heavy atom. The van der Waals surface area contributed by atoms with Crippen molar-refractivity contribution in [1.82, 2.24) is 9.97 Å². The number of rotatable bonds is 7. The monoisotopic (exact) mass is 612 g/mol. The van der Waals surface area contributed by atoms with Gasteiger partial charge in [-0.05, 0) is 74.5 Å². The summed E-state index contributed by atoms with van der Waals surface area (Å²) in [5.41, 5.74) is 6.48. The van der Waals surface area contributed by atoms with Crippen molar-refractivity contribution in [2.75, 3.05) is 32.7 Å². The summed E-state index contributed by atoms with van der Waals surface area (Å²) in [5, 5.41) is 2.27. The maximum Gasteiger partial charge on any atom is 0.159 e. The summed E-state index contributed by atoms with van der Waals surface area (Å²) in [5.74, 6) is 3.06. The van der Waals surface area contributed by atoms with Crippen LogP contribution in [0.2, 0.25) is 0 Å². The van der Waals surface area contributed by atoms with Gasteiger partial charge in [0.15, 0.2) is 11.6 Å². The molecule has 6 aromatic rings. The van der Waals surface area contributed by atoms with Crippen molar-refractivity contribution >= 4 is 56.2 Å². The van der Waals surface area contributed by atoms with Crippen molar-refractivity contribution < 1.29 is 0 Å². The van der Waals surface area contributed by atoms with Crippen LogP contribution in [0.1, 0.15) is 13.8 Å². The Morgan fingerprint density at radius 3 is 1.85 bits per heavy atom. The first-order chi connectivity index (χ1) is 23.2. The van der Waals surface area contributed by atoms with Gasteiger partial charge in [-0.3, -0.25) is 4.90 Å². The van der Waals surface area contributed by atoms with Gasteiger partial charge in [-0.2, -0.15) is 0 Å². The van der Waals surface area contributed by atoms with Gasteiger partial charge in [0.05, 0.1) is 22.4 Å². The van der Waals surface area contributed by atoms with Crippen molar-refractivity contribution in [2.24, 2.45) is 0 Å². The van der Waals surface area contributed by atoms with Gasteiger partial charge in [0.2, 0.25) is 0 Å². The molecule has 0 radical (unpaired) electrons. The highest BCUT2D eigenvalue weighted by Gasteiger charge is 2.36. The first-order valence-electron chi connectivity index (χ1n) is 16.3. The van der Waals surface area contributed by atoms with Crippen LogP contribution < -0.4 is 19.6 Å². The number of hydrogen-bond donors (Lipinski definition) is 0. The molecule has 0 amide bonds. The number of nitrogens with zero attached hydrogens (tertiary/aromatic N) is 6. The molecule has 8 rings (SSSR count). The molecule has 6 heteroatoms. The highest BCUT2D eigenvalue weighted by atomic mass is 15.4. The number of benzene rings is 4. The Balaban J connectivity index is 1.15. The van der Waals surface area contributed by atoms with Crippen LogP contribution in [0.5, 0.6) is 0 Å². The molecule has 0 saturated heterocycles. The fourth-order valence-corrected chi connectivity index (χ4v) is 6.80. The van der Waals surface area contributed by atoms with Crippen LogP contribution in [-0.2, 0) is 0 Å². The summed E-state index contributed by atoms with van der Waals surface area (Å²) in [4.78, 5) is 19.6. The quantitative estimate of drug-likeness (QED) is 0.167. The summed E-state index contributed by atoms with van der Waals surface area (Å²) < 4.78 is 0. The summed E-state index contributed by atoms with van der Waals surface area (Å²) >= 11 is 0. The van der Waals surface area contributed by atoms with Crippen molar-refractivity contribution in [1.29, 1.82) is 0 Å². The number of pyridine rings is 2. The van der Waals surface area contributed by atoms with E-state index in [9.17, 15) is 0 Å². The minimum Gasteiger partial charge on any atom is -0.331 e. The molecule has 230 valence electrons. The van der Waals surface area contributed by atoms with E-state index in [2.05, 4.69) is 179 Å². The van der Waals surface area contributed by atoms with E-state index in [1.807, 2.05) is 6.07 Å². The zero-order valence-corrected chi connectivity index (χ0v) is 26.6. The summed E-state index contributed by atoms with van der Waals surface area (Å²) in [6.45, 7) is 6.01. The summed E-state index contributed by atoms with van der Waals surface area (Å²) in [6, 6.07) is 42.4. The zero-order valence-electron chi connectivity index (χ0n) is 26.6. The average Bonchev–Trinajstić information content (AvgIpc) is 3.60. The van der Waals surface area contributed by atoms with Crippen LogP contribution >= 0.6 is 0 Å². The van der Waals surface area contributed by atoms with Crippen LogP contribution in [0.15, 0.2) is 158 Å². The van der Waals surface area contributed by atoms with Gasteiger partial charge in [0, 0.05) is 35.2 Å². The molecule has 6 nitrogen and oxygen atoms in total. The van der Waals surface area contributed by atoms with E-state index in [4.69, 9.17) is 9.97 Å². The first kappa shape index (κ1) is 28.6. The van der Waals surface area contributed by atoms with Crippen molar-refractivity contribution in [3.05, 3.63) is 158 Å². The Labute approximate surface area is 275 Å². The maximum atomic E-state index is 5.13. The Bertz CT molecular complexity index is 2150. The molecule has 4 aromatic carbocycles. The van der Waals surface area contributed by atoms with E-state index in [0.717, 1.165) is 75.1 Å². The second-order valence-corrected chi connectivity index (χ2v) is 11.7. The Kier molecular flexibility index (Phi) is 7.38. The number of aromatic nitrogens is 2. The van der Waals surface area contributed by atoms with Crippen molar-refractivity contribution in [3.8, 4) is 0 Å². The molecule has 0 aliphatic carbocycles. The molecule has 0 fully saturated rings. The molecule has 2 aliphatic rings. The van der Waals surface area contributed by atoms with Crippen LogP contribution in [-0.4, -0.2) is 29.2 Å². The van der Waals surface area contributed by atoms with Gasteiger partial charge in [-0.1, -0.05) is 91.0 Å². The number of anilines is 6. The fraction of sp³-hybridized carbons (Fsp3) is 0.122. The molecule has 2 aliphatic heterocycles. The number of hydrogen-bond acceptors (Lipinski definition) is 6. The average molecular weight is 613 g/mol. The van der Waals surface area contributed by atoms with Crippen LogP contribution in [0.4, 0.5) is 34.4 Å². The standard InChI is InChI=1S/C41H36N6/c1-3-44-38(46(32-20-8-5-9-21-32)36-28-30-18-14-16-24-34(30)42-40(36)44)26-12-7-13-27-39-45(4-2)41-37(47(39)33-22-10-6-11-23-33)29-31-19-15-17-25-35(31)43-41/h5-29,38H,3-4H2,1-2H3. The SMILES string of the molecule is CCN1C(=CC=CC=CC2N(CC)c3nc4ccccc4cc3N2c2ccccc2)N(c2ccccc2)c2cc3ccccc3nc21. The van der Waals surface area contributed by atoms with Gasteiger partial charge in [-0.15, -0.1) is 0 Å². The molecule has 4 heterocycles. The van der Waals surface area contributed by atoms with E-state index in [1.165, 1.54) is 0 Å². The predicted octanol–water partition coefficient (Wildman–Crippen LogP) is 9.72. The molecule has 0 saturated carbocycles. The van der Waals surface area contributed by atoms with Gasteiger partial charge >= 0.3 is 0 Å². The van der Waals surface area contributed by atoms with Gasteiger partial charge in [0.1, 0.15) is 12.0 Å². The minimum absolute atomic E-state index is 0.0145. The van der Waals surface area contributed by atoms with E-state index >= 15 is 0 Å². The summed E-state index contributed by atoms with van der Waals surface area (Å²) in [6.07, 6.45) is 10.9. The lowest BCUT2D eigenvalue weighted by atomic mass is 10.2. The third kappa shape index (κ3) is 4.99. The van der Waals surface area contributed by atoms with Gasteiger partial charge in [0.25, 0.3) is 0 Å². The van der Waals surface area contributed by atoms with Crippen LogP contribution in [0, 0.1) is 0 Å². The third-order valence-corrected chi connectivity index (χ3v) is 8.94. The van der Waals surface area contributed by atoms with Crippen LogP contribution in [0.3, 0.4) is 0 Å². The zero-order chi connectivity index (χ0) is 31.7. The fourth-order valence-electron chi connectivity index (χ4n) is 6.80. The molecule has 2 aromatic heterocycles. The van der Waals surface area contributed by atoms with Crippen molar-refractivity contribution in [3.63, 3.8) is 0 Å². The molecular weight excluding hydrogens is 576 g/mol. The number of allylic oxidation sites excluding steroid dienone is 4. The van der Waals surface area contributed by atoms with E-state index < -0.39 is 0 Å². The van der Waals surface area contributed by atoms with Crippen LogP contribution in [0.25, 0.3) is 21.8 Å². The smallest absolute Gasteiger partial charge is 0.159 e. The number of likely N-dealkylation sites (N-methyl/N-ethyl adjacent to an activating group) is 1. The molecule has 0 spiro atoms. The third-order valence-electron chi connectivity index (χ3n) is 8.94. The lowest BCUT2D eigenvalue weighted by molar-refractivity contribution is 0.743. The molecule has 1 atom stereocenters. The predicted molar refractivity (Wildman–Crippen MR) is 197 cm³/mol. The molecule has 0 bridgehead atoms. The van der Waals surface area contributed by atoms with E-state index in [1.54, 1.807) is 0 Å². The molecule has 47 heavy (non-hydrogen) atoms. The summed E-state index contributed by atoms with van der Waals surface area (Å²) in [7, 11) is 0. The van der Waals surface area contributed by atoms with Gasteiger partial charge in [-0.25, -0.2) is 9.97 Å². The second kappa shape index (κ2) is 12.1. The highest BCUT2D eigenvalue weighted by Crippen LogP contribution is 2.47. The maximum absolute atomic E-state index is 5.13. The Hall–Kier alpha value is -5.88. The highest BCUT2D eigenvalue weighted by molar-refractivity contribution is 5.95. The largest absolute Gasteiger partial charge is 0.331 e. The lowest BCUT2D eigenvalue weighted by Gasteiger charge is -2.29. The Morgan fingerprint density at radius 1 is 0.596 bits per heavy atom. The topological polar surface area (TPSA) is 38.7 Å². The lowest BCUT2D eigenvalue weighted by Crippen LogP contribution is -2.39. The minimum atomic E-state index is -0.0145. The molecular formula is C41H36N6. The first-order valence-corrected chi connectivity index (χ1v) is 16.3. The second-order valence-electron chi connectivity index (χ2n) is 11.7. The van der Waals surface area contributed by atoms with E-state index in [0.29, 0.717) is 0 Å². The van der Waals surface area contributed by atoms with Crippen molar-refractivity contribution in [2.45, 2.75) is 20.0 Å². The normalized spacial score (nSPS) is 16.8.